The predicted molar refractivity (Wildman–Crippen MR) is 138 cm³/mol. The number of carbonyl (C=O) groups excluding carboxylic acids is 2. The van der Waals surface area contributed by atoms with Crippen molar-refractivity contribution in [2.75, 3.05) is 11.9 Å². The van der Waals surface area contributed by atoms with Gasteiger partial charge in [0.25, 0.3) is 5.91 Å². The second-order valence-electron chi connectivity index (χ2n) is 7.73. The van der Waals surface area contributed by atoms with Crippen LogP contribution in [0.3, 0.4) is 0 Å². The number of nitrogens with zero attached hydrogens (tertiary/aromatic N) is 1. The van der Waals surface area contributed by atoms with Crippen molar-refractivity contribution < 1.29 is 14.3 Å². The van der Waals surface area contributed by atoms with Crippen molar-refractivity contribution in [2.24, 2.45) is 0 Å². The van der Waals surface area contributed by atoms with Gasteiger partial charge in [0.2, 0.25) is 0 Å². The molecule has 5 aromatic rings. The molecule has 5 rings (SSSR count). The van der Waals surface area contributed by atoms with Crippen molar-refractivity contribution in [3.8, 4) is 11.3 Å². The Bertz CT molecular complexity index is 1540. The van der Waals surface area contributed by atoms with Gasteiger partial charge in [0.05, 0.1) is 16.8 Å². The first-order valence-corrected chi connectivity index (χ1v) is 11.5. The van der Waals surface area contributed by atoms with Gasteiger partial charge in [0.15, 0.2) is 6.61 Å². The quantitative estimate of drug-likeness (QED) is 0.270. The number of anilines is 1. The lowest BCUT2D eigenvalue weighted by atomic mass is 10.0. The second-order valence-corrected chi connectivity index (χ2v) is 8.65. The third-order valence-corrected chi connectivity index (χ3v) is 5.95. The fraction of sp³-hybridized carbons (Fsp3) is 0.0357. The Kier molecular flexibility index (Phi) is 6.06. The lowest BCUT2D eigenvalue weighted by Crippen LogP contribution is -2.21. The van der Waals surface area contributed by atoms with Crippen LogP contribution in [0.1, 0.15) is 10.4 Å². The molecule has 0 spiro atoms. The summed E-state index contributed by atoms with van der Waals surface area (Å²) < 4.78 is 6.32. The molecule has 0 aliphatic carbocycles. The Labute approximate surface area is 204 Å². The molecule has 1 aromatic heterocycles. The first-order chi connectivity index (χ1) is 16.6. The van der Waals surface area contributed by atoms with Gasteiger partial charge in [-0.05, 0) is 35.7 Å². The van der Waals surface area contributed by atoms with E-state index in [0.29, 0.717) is 27.8 Å². The maximum absolute atomic E-state index is 13.0. The zero-order valence-electron chi connectivity index (χ0n) is 18.0. The van der Waals surface area contributed by atoms with Crippen LogP contribution in [0.2, 0.25) is 0 Å². The van der Waals surface area contributed by atoms with E-state index in [0.717, 1.165) is 20.8 Å². The number of hydrogen-bond acceptors (Lipinski definition) is 4. The molecule has 0 saturated carbocycles. The summed E-state index contributed by atoms with van der Waals surface area (Å²) in [6, 6.07) is 30.2. The molecule has 0 unspecified atom stereocenters. The maximum Gasteiger partial charge on any atom is 0.339 e. The van der Waals surface area contributed by atoms with Crippen molar-refractivity contribution in [1.82, 2.24) is 4.98 Å². The van der Waals surface area contributed by atoms with Crippen molar-refractivity contribution in [2.45, 2.75) is 0 Å². The zero-order chi connectivity index (χ0) is 23.5. The minimum atomic E-state index is -0.581. The molecule has 34 heavy (non-hydrogen) atoms. The molecule has 0 aliphatic rings. The van der Waals surface area contributed by atoms with Crippen LogP contribution in [0.15, 0.2) is 102 Å². The average Bonchev–Trinajstić information content (AvgIpc) is 2.87. The average molecular weight is 511 g/mol. The first kappa shape index (κ1) is 21.8. The molecular formula is C28H19BrN2O3. The minimum Gasteiger partial charge on any atom is -0.452 e. The number of amides is 1. The summed E-state index contributed by atoms with van der Waals surface area (Å²) in [6.07, 6.45) is 0. The molecule has 0 bridgehead atoms. The lowest BCUT2D eigenvalue weighted by molar-refractivity contribution is -0.119. The molecule has 5 nitrogen and oxygen atoms in total. The van der Waals surface area contributed by atoms with Gasteiger partial charge >= 0.3 is 5.97 Å². The van der Waals surface area contributed by atoms with Gasteiger partial charge < -0.3 is 10.1 Å². The Morgan fingerprint density at radius 3 is 2.41 bits per heavy atom. The summed E-state index contributed by atoms with van der Waals surface area (Å²) in [4.78, 5) is 30.3. The Hall–Kier alpha value is -4.03. The number of para-hydroxylation sites is 1. The number of aromatic nitrogens is 1. The topological polar surface area (TPSA) is 68.3 Å². The van der Waals surface area contributed by atoms with Crippen molar-refractivity contribution in [3.05, 3.63) is 107 Å². The van der Waals surface area contributed by atoms with E-state index in [1.54, 1.807) is 6.07 Å². The predicted octanol–water partition coefficient (Wildman–Crippen LogP) is 6.61. The van der Waals surface area contributed by atoms with E-state index in [-0.39, 0.29) is 0 Å². The van der Waals surface area contributed by atoms with Gasteiger partial charge in [-0.1, -0.05) is 82.7 Å². The van der Waals surface area contributed by atoms with E-state index in [1.807, 2.05) is 91.0 Å². The highest BCUT2D eigenvalue weighted by Crippen LogP contribution is 2.27. The van der Waals surface area contributed by atoms with Gasteiger partial charge in [-0.25, -0.2) is 9.78 Å². The van der Waals surface area contributed by atoms with E-state index in [4.69, 9.17) is 9.72 Å². The Morgan fingerprint density at radius 2 is 1.56 bits per heavy atom. The van der Waals surface area contributed by atoms with Crippen LogP contribution in [0.25, 0.3) is 32.9 Å². The summed E-state index contributed by atoms with van der Waals surface area (Å²) in [7, 11) is 0. The fourth-order valence-corrected chi connectivity index (χ4v) is 4.27. The third kappa shape index (κ3) is 4.54. The SMILES string of the molecule is O=C(COC(=O)c1cc(-c2cccc(Br)c2)nc2ccccc12)Nc1cccc2ccccc12. The highest BCUT2D eigenvalue weighted by molar-refractivity contribution is 9.10. The number of rotatable bonds is 5. The number of pyridine rings is 1. The molecule has 0 fully saturated rings. The highest BCUT2D eigenvalue weighted by Gasteiger charge is 2.17. The Morgan fingerprint density at radius 1 is 0.824 bits per heavy atom. The summed E-state index contributed by atoms with van der Waals surface area (Å²) in [5.74, 6) is -0.988. The molecule has 6 heteroatoms. The fourth-order valence-electron chi connectivity index (χ4n) is 3.87. The van der Waals surface area contributed by atoms with Gasteiger partial charge in [0.1, 0.15) is 0 Å². The lowest BCUT2D eigenvalue weighted by Gasteiger charge is -2.11. The summed E-state index contributed by atoms with van der Waals surface area (Å²) in [6.45, 7) is -0.398. The third-order valence-electron chi connectivity index (χ3n) is 5.45. The largest absolute Gasteiger partial charge is 0.452 e. The van der Waals surface area contributed by atoms with Crippen molar-refractivity contribution in [1.29, 1.82) is 0 Å². The number of benzene rings is 4. The van der Waals surface area contributed by atoms with Gasteiger partial charge in [-0.3, -0.25) is 4.79 Å². The smallest absolute Gasteiger partial charge is 0.339 e. The molecule has 0 radical (unpaired) electrons. The number of esters is 1. The van der Waals surface area contributed by atoms with Crippen LogP contribution in [-0.2, 0) is 9.53 Å². The number of ether oxygens (including phenoxy) is 1. The van der Waals surface area contributed by atoms with Crippen LogP contribution in [0.5, 0.6) is 0 Å². The maximum atomic E-state index is 13.0. The van der Waals surface area contributed by atoms with Crippen LogP contribution < -0.4 is 5.32 Å². The molecule has 0 aliphatic heterocycles. The number of fused-ring (bicyclic) bond motifs is 2. The normalized spacial score (nSPS) is 10.9. The van der Waals surface area contributed by atoms with Crippen molar-refractivity contribution in [3.63, 3.8) is 0 Å². The first-order valence-electron chi connectivity index (χ1n) is 10.7. The molecular weight excluding hydrogens is 492 g/mol. The number of carbonyl (C=O) groups is 2. The minimum absolute atomic E-state index is 0.360. The molecule has 0 saturated heterocycles. The Balaban J connectivity index is 1.38. The van der Waals surface area contributed by atoms with E-state index < -0.39 is 18.5 Å². The van der Waals surface area contributed by atoms with Gasteiger partial charge in [-0.2, -0.15) is 0 Å². The summed E-state index contributed by atoms with van der Waals surface area (Å²) in [5, 5.41) is 5.44. The highest BCUT2D eigenvalue weighted by atomic mass is 79.9. The molecule has 166 valence electrons. The van der Waals surface area contributed by atoms with Gasteiger partial charge in [-0.15, -0.1) is 0 Å². The zero-order valence-corrected chi connectivity index (χ0v) is 19.6. The molecule has 0 atom stereocenters. The van der Waals surface area contributed by atoms with Crippen LogP contribution in [-0.4, -0.2) is 23.5 Å². The second kappa shape index (κ2) is 9.45. The number of halogens is 1. The van der Waals surface area contributed by atoms with E-state index >= 15 is 0 Å². The van der Waals surface area contributed by atoms with Crippen LogP contribution in [0, 0.1) is 0 Å². The molecule has 1 N–H and O–H groups in total. The van der Waals surface area contributed by atoms with E-state index in [2.05, 4.69) is 21.2 Å². The van der Waals surface area contributed by atoms with Crippen molar-refractivity contribution >= 4 is 55.2 Å². The molecule has 1 heterocycles. The number of hydrogen-bond donors (Lipinski definition) is 1. The monoisotopic (exact) mass is 510 g/mol. The standard InChI is InChI=1S/C28H19BrN2O3/c29-20-10-5-9-19(15-20)26-16-23(22-12-3-4-13-25(22)30-26)28(33)34-17-27(32)31-24-14-6-8-18-7-1-2-11-21(18)24/h1-16H,17H2,(H,31,32). The number of nitrogens with one attached hydrogen (secondary N) is 1. The van der Waals surface area contributed by atoms with Crippen LogP contribution >= 0.6 is 15.9 Å². The molecule has 4 aromatic carbocycles. The van der Waals surface area contributed by atoms with Crippen LogP contribution in [0.4, 0.5) is 5.69 Å². The van der Waals surface area contributed by atoms with E-state index in [9.17, 15) is 9.59 Å². The molecule has 1 amide bonds. The summed E-state index contributed by atoms with van der Waals surface area (Å²) in [5.41, 5.74) is 3.21. The van der Waals surface area contributed by atoms with Gasteiger partial charge in [0, 0.05) is 26.5 Å². The summed E-state index contributed by atoms with van der Waals surface area (Å²) >= 11 is 3.48. The van der Waals surface area contributed by atoms with E-state index in [1.165, 1.54) is 0 Å².